The summed E-state index contributed by atoms with van der Waals surface area (Å²) in [5, 5.41) is 13.8. The number of guanidine groups is 1. The number of halogens is 1. The summed E-state index contributed by atoms with van der Waals surface area (Å²) in [6, 6.07) is 11.4. The van der Waals surface area contributed by atoms with Crippen molar-refractivity contribution in [1.82, 2.24) is 16.0 Å². The third-order valence-corrected chi connectivity index (χ3v) is 4.65. The summed E-state index contributed by atoms with van der Waals surface area (Å²) in [6.07, 6.45) is 0.836. The molecular weight excluding hydrogens is 471 g/mol. The van der Waals surface area contributed by atoms with Gasteiger partial charge in [0.2, 0.25) is 0 Å². The Hall–Kier alpha value is -1.61. The van der Waals surface area contributed by atoms with Gasteiger partial charge in [0.25, 0.3) is 5.91 Å². The number of hydrogen-bond donors (Lipinski definition) is 3. The molecule has 27 heavy (non-hydrogen) atoms. The van der Waals surface area contributed by atoms with Crippen LogP contribution in [0.1, 0.15) is 42.1 Å². The third kappa shape index (κ3) is 8.75. The van der Waals surface area contributed by atoms with Crippen LogP contribution in [0.5, 0.6) is 0 Å². The molecule has 1 heterocycles. The van der Waals surface area contributed by atoms with E-state index in [0.717, 1.165) is 32.0 Å². The van der Waals surface area contributed by atoms with Crippen LogP contribution in [0.4, 0.5) is 0 Å². The first-order valence-corrected chi connectivity index (χ1v) is 10.0. The molecule has 1 atom stereocenters. The summed E-state index contributed by atoms with van der Waals surface area (Å²) < 4.78 is 0. The van der Waals surface area contributed by atoms with Gasteiger partial charge in [0.1, 0.15) is 0 Å². The smallest absolute Gasteiger partial charge is 0.251 e. The molecule has 1 aromatic heterocycles. The molecule has 0 saturated carbocycles. The zero-order valence-electron chi connectivity index (χ0n) is 15.9. The van der Waals surface area contributed by atoms with E-state index in [0.29, 0.717) is 18.0 Å². The Balaban J connectivity index is 0.00000364. The summed E-state index contributed by atoms with van der Waals surface area (Å²) in [5.41, 5.74) is 2.02. The molecule has 7 heteroatoms. The lowest BCUT2D eigenvalue weighted by Gasteiger charge is -2.13. The molecule has 148 valence electrons. The Morgan fingerprint density at radius 2 is 1.85 bits per heavy atom. The summed E-state index contributed by atoms with van der Waals surface area (Å²) in [4.78, 5) is 16.6. The Bertz CT molecular complexity index is 677. The normalized spacial score (nSPS) is 12.0. The molecule has 2 aromatic rings. The molecule has 0 fully saturated rings. The van der Waals surface area contributed by atoms with Crippen LogP contribution in [-0.2, 0) is 0 Å². The predicted octanol–water partition coefficient (Wildman–Crippen LogP) is 3.84. The fourth-order valence-corrected chi connectivity index (χ4v) is 3.20. The standard InChI is InChI=1S/C20H28N4OS.HI/c1-3-21-20(24-14-16(2)18-10-13-26-15-18)23-12-7-11-22-19(25)17-8-5-4-6-9-17;/h4-6,8-10,13,15-16H,3,7,11-12,14H2,1-2H3,(H,22,25)(H2,21,23,24);1H. The summed E-state index contributed by atoms with van der Waals surface area (Å²) in [7, 11) is 0. The predicted molar refractivity (Wildman–Crippen MR) is 126 cm³/mol. The largest absolute Gasteiger partial charge is 0.357 e. The van der Waals surface area contributed by atoms with E-state index in [1.807, 2.05) is 30.3 Å². The van der Waals surface area contributed by atoms with Crippen molar-refractivity contribution in [3.8, 4) is 0 Å². The van der Waals surface area contributed by atoms with Crippen LogP contribution in [0.15, 0.2) is 52.2 Å². The monoisotopic (exact) mass is 500 g/mol. The minimum absolute atomic E-state index is 0. The SMILES string of the molecule is CCNC(=NCC(C)c1ccsc1)NCCCNC(=O)c1ccccc1.I. The maximum absolute atomic E-state index is 12.0. The maximum atomic E-state index is 12.0. The molecule has 1 unspecified atom stereocenters. The number of benzene rings is 1. The van der Waals surface area contributed by atoms with Gasteiger partial charge in [-0.25, -0.2) is 0 Å². The first-order valence-electron chi connectivity index (χ1n) is 9.08. The number of amides is 1. The van der Waals surface area contributed by atoms with Crippen molar-refractivity contribution in [2.45, 2.75) is 26.2 Å². The number of carbonyl (C=O) groups excluding carboxylic acids is 1. The molecule has 3 N–H and O–H groups in total. The molecule has 0 radical (unpaired) electrons. The number of thiophene rings is 1. The van der Waals surface area contributed by atoms with Crippen LogP contribution in [-0.4, -0.2) is 38.0 Å². The minimum Gasteiger partial charge on any atom is -0.357 e. The average molecular weight is 500 g/mol. The second-order valence-corrected chi connectivity index (χ2v) is 6.86. The van der Waals surface area contributed by atoms with E-state index in [4.69, 9.17) is 0 Å². The number of carbonyl (C=O) groups is 1. The van der Waals surface area contributed by atoms with Crippen molar-refractivity contribution in [3.05, 3.63) is 58.3 Å². The highest BCUT2D eigenvalue weighted by Crippen LogP contribution is 2.18. The maximum Gasteiger partial charge on any atom is 0.251 e. The topological polar surface area (TPSA) is 65.5 Å². The summed E-state index contributed by atoms with van der Waals surface area (Å²) in [5.74, 6) is 1.20. The molecule has 0 bridgehead atoms. The van der Waals surface area contributed by atoms with Crippen LogP contribution in [0.3, 0.4) is 0 Å². The Labute approximate surface area is 183 Å². The Kier molecular flexibility index (Phi) is 11.8. The van der Waals surface area contributed by atoms with Gasteiger partial charge in [-0.1, -0.05) is 25.1 Å². The van der Waals surface area contributed by atoms with Crippen LogP contribution < -0.4 is 16.0 Å². The Morgan fingerprint density at radius 3 is 2.52 bits per heavy atom. The second kappa shape index (κ2) is 13.5. The second-order valence-electron chi connectivity index (χ2n) is 6.08. The molecule has 0 saturated heterocycles. The van der Waals surface area contributed by atoms with Gasteiger partial charge in [0.05, 0.1) is 0 Å². The van der Waals surface area contributed by atoms with Gasteiger partial charge in [-0.15, -0.1) is 24.0 Å². The van der Waals surface area contributed by atoms with Gasteiger partial charge >= 0.3 is 0 Å². The van der Waals surface area contributed by atoms with E-state index in [9.17, 15) is 4.79 Å². The summed E-state index contributed by atoms with van der Waals surface area (Å²) >= 11 is 1.72. The number of nitrogens with zero attached hydrogens (tertiary/aromatic N) is 1. The molecule has 0 aliphatic carbocycles. The molecule has 1 amide bonds. The fourth-order valence-electron chi connectivity index (χ4n) is 2.42. The molecule has 2 rings (SSSR count). The van der Waals surface area contributed by atoms with Crippen LogP contribution in [0.25, 0.3) is 0 Å². The van der Waals surface area contributed by atoms with E-state index < -0.39 is 0 Å². The average Bonchev–Trinajstić information content (AvgIpc) is 3.21. The highest BCUT2D eigenvalue weighted by Gasteiger charge is 2.06. The molecule has 0 aliphatic heterocycles. The number of hydrogen-bond acceptors (Lipinski definition) is 3. The first-order chi connectivity index (χ1) is 12.7. The van der Waals surface area contributed by atoms with Crippen LogP contribution in [0.2, 0.25) is 0 Å². The van der Waals surface area contributed by atoms with Gasteiger partial charge in [0.15, 0.2) is 5.96 Å². The van der Waals surface area contributed by atoms with E-state index in [1.54, 1.807) is 11.3 Å². The van der Waals surface area contributed by atoms with Crippen molar-refractivity contribution >= 4 is 47.2 Å². The first kappa shape index (κ1) is 23.4. The quantitative estimate of drug-likeness (QED) is 0.212. The molecule has 5 nitrogen and oxygen atoms in total. The lowest BCUT2D eigenvalue weighted by atomic mass is 10.1. The highest BCUT2D eigenvalue weighted by atomic mass is 127. The number of nitrogens with one attached hydrogen (secondary N) is 3. The number of aliphatic imine (C=N–C) groups is 1. The van der Waals surface area contributed by atoms with Gasteiger partial charge in [-0.3, -0.25) is 9.79 Å². The van der Waals surface area contributed by atoms with E-state index >= 15 is 0 Å². The van der Waals surface area contributed by atoms with Crippen LogP contribution in [0, 0.1) is 0 Å². The van der Waals surface area contributed by atoms with Crippen molar-refractivity contribution in [2.75, 3.05) is 26.2 Å². The minimum atomic E-state index is -0.0317. The van der Waals surface area contributed by atoms with Crippen LogP contribution >= 0.6 is 35.3 Å². The lowest BCUT2D eigenvalue weighted by Crippen LogP contribution is -2.39. The zero-order valence-corrected chi connectivity index (χ0v) is 19.1. The van der Waals surface area contributed by atoms with Crippen molar-refractivity contribution in [1.29, 1.82) is 0 Å². The molecule has 0 aliphatic rings. The molecule has 0 spiro atoms. The third-order valence-electron chi connectivity index (χ3n) is 3.95. The molecule has 1 aromatic carbocycles. The Morgan fingerprint density at radius 1 is 1.11 bits per heavy atom. The van der Waals surface area contributed by atoms with Crippen molar-refractivity contribution < 1.29 is 4.79 Å². The van der Waals surface area contributed by atoms with Gasteiger partial charge in [-0.05, 0) is 47.9 Å². The van der Waals surface area contributed by atoms with E-state index in [1.165, 1.54) is 5.56 Å². The highest BCUT2D eigenvalue weighted by molar-refractivity contribution is 14.0. The van der Waals surface area contributed by atoms with Gasteiger partial charge in [-0.2, -0.15) is 11.3 Å². The van der Waals surface area contributed by atoms with E-state index in [-0.39, 0.29) is 29.9 Å². The van der Waals surface area contributed by atoms with Gasteiger partial charge < -0.3 is 16.0 Å². The van der Waals surface area contributed by atoms with Crippen molar-refractivity contribution in [2.24, 2.45) is 4.99 Å². The number of rotatable bonds is 9. The zero-order chi connectivity index (χ0) is 18.6. The molecular formula is C20H29IN4OS. The van der Waals surface area contributed by atoms with Crippen molar-refractivity contribution in [3.63, 3.8) is 0 Å². The van der Waals surface area contributed by atoms with Gasteiger partial charge in [0, 0.05) is 37.7 Å². The fraction of sp³-hybridized carbons (Fsp3) is 0.400. The summed E-state index contributed by atoms with van der Waals surface area (Å²) in [6.45, 7) is 7.20. The lowest BCUT2D eigenvalue weighted by molar-refractivity contribution is 0.0953. The van der Waals surface area contributed by atoms with E-state index in [2.05, 4.69) is 51.6 Å².